The van der Waals surface area contributed by atoms with Crippen LogP contribution in [0, 0.1) is 0 Å². The number of esters is 1. The smallest absolute Gasteiger partial charge is 0.459 e. The highest BCUT2D eigenvalue weighted by Crippen LogP contribution is 2.16. The largest absolute Gasteiger partial charge is 0.490 e. The Morgan fingerprint density at radius 1 is 1.33 bits per heavy atom. The quantitative estimate of drug-likeness (QED) is 0.616. The molecule has 0 saturated carbocycles. The lowest BCUT2D eigenvalue weighted by molar-refractivity contribution is -0.199. The second-order valence-electron chi connectivity index (χ2n) is 2.09. The molecule has 0 unspecified atom stereocenters. The van der Waals surface area contributed by atoms with Crippen LogP contribution in [0.2, 0.25) is 0 Å². The third-order valence-corrected chi connectivity index (χ3v) is 0.919. The zero-order valence-corrected chi connectivity index (χ0v) is 6.27. The van der Waals surface area contributed by atoms with Crippen molar-refractivity contribution in [2.45, 2.75) is 19.5 Å². The van der Waals surface area contributed by atoms with Crippen LogP contribution in [-0.4, -0.2) is 24.5 Å². The number of hydrogen-bond acceptors (Lipinski definition) is 3. The van der Waals surface area contributed by atoms with Gasteiger partial charge in [-0.25, -0.2) is 4.79 Å². The molecule has 0 saturated heterocycles. The Kier molecular flexibility index (Phi) is 3.72. The van der Waals surface area contributed by atoms with Gasteiger partial charge in [0, 0.05) is 6.42 Å². The molecule has 0 aromatic rings. The number of halogens is 3. The van der Waals surface area contributed by atoms with Gasteiger partial charge in [-0.1, -0.05) is 0 Å². The molecule has 0 bridgehead atoms. The average molecular weight is 184 g/mol. The van der Waals surface area contributed by atoms with Gasteiger partial charge in [-0.05, 0) is 6.92 Å². The van der Waals surface area contributed by atoms with Crippen LogP contribution in [0.25, 0.3) is 0 Å². The van der Waals surface area contributed by atoms with E-state index in [1.54, 1.807) is 0 Å². The highest BCUT2D eigenvalue weighted by molar-refractivity contribution is 5.77. The molecule has 0 radical (unpaired) electrons. The van der Waals surface area contributed by atoms with Crippen LogP contribution in [0.3, 0.4) is 0 Å². The van der Waals surface area contributed by atoms with Gasteiger partial charge >= 0.3 is 12.1 Å². The zero-order valence-electron chi connectivity index (χ0n) is 6.27. The molecule has 0 atom stereocenters. The molecule has 0 aromatic carbocycles. The normalized spacial score (nSPS) is 11.0. The van der Waals surface area contributed by atoms with Crippen LogP contribution in [-0.2, 0) is 14.3 Å². The number of carbonyl (C=O) groups excluding carboxylic acids is 2. The fourth-order valence-electron chi connectivity index (χ4n) is 0.369. The van der Waals surface area contributed by atoms with Crippen LogP contribution in [0.15, 0.2) is 0 Å². The van der Waals surface area contributed by atoms with Crippen molar-refractivity contribution in [1.29, 1.82) is 0 Å². The van der Waals surface area contributed by atoms with Crippen LogP contribution in [0.1, 0.15) is 13.3 Å². The van der Waals surface area contributed by atoms with Crippen LogP contribution < -0.4 is 0 Å². The third-order valence-electron chi connectivity index (χ3n) is 0.919. The van der Waals surface area contributed by atoms with E-state index in [1.165, 1.54) is 6.92 Å². The summed E-state index contributed by atoms with van der Waals surface area (Å²) in [7, 11) is 0. The summed E-state index contributed by atoms with van der Waals surface area (Å²) in [5.74, 6) is -2.59. The van der Waals surface area contributed by atoms with E-state index in [4.69, 9.17) is 0 Å². The molecule has 0 aliphatic rings. The van der Waals surface area contributed by atoms with E-state index in [0.29, 0.717) is 0 Å². The van der Waals surface area contributed by atoms with Crippen molar-refractivity contribution in [2.75, 3.05) is 6.61 Å². The van der Waals surface area contributed by atoms with Gasteiger partial charge in [0.1, 0.15) is 5.78 Å². The predicted octanol–water partition coefficient (Wildman–Crippen LogP) is 1.07. The number of ketones is 1. The predicted molar refractivity (Wildman–Crippen MR) is 32.3 cm³/mol. The van der Waals surface area contributed by atoms with Gasteiger partial charge in [-0.15, -0.1) is 0 Å². The van der Waals surface area contributed by atoms with Gasteiger partial charge in [0.2, 0.25) is 0 Å². The number of hydrogen-bond donors (Lipinski definition) is 0. The minimum Gasteiger partial charge on any atom is -0.459 e. The topological polar surface area (TPSA) is 43.4 Å². The van der Waals surface area contributed by atoms with Crippen molar-refractivity contribution in [3.63, 3.8) is 0 Å². The fraction of sp³-hybridized carbons (Fsp3) is 0.667. The Morgan fingerprint density at radius 2 is 1.83 bits per heavy atom. The van der Waals surface area contributed by atoms with Crippen LogP contribution in [0.4, 0.5) is 13.2 Å². The van der Waals surface area contributed by atoms with Gasteiger partial charge in [0.25, 0.3) is 0 Å². The Morgan fingerprint density at radius 3 is 2.17 bits per heavy atom. The number of ether oxygens (including phenoxy) is 1. The van der Waals surface area contributed by atoms with Crippen molar-refractivity contribution < 1.29 is 27.5 Å². The van der Waals surface area contributed by atoms with Crippen molar-refractivity contribution in [3.8, 4) is 0 Å². The Balaban J connectivity index is 3.66. The van der Waals surface area contributed by atoms with Crippen molar-refractivity contribution in [2.24, 2.45) is 0 Å². The van der Waals surface area contributed by atoms with Gasteiger partial charge in [-0.3, -0.25) is 4.79 Å². The minimum atomic E-state index is -4.98. The first-order valence-corrected chi connectivity index (χ1v) is 3.07. The minimum absolute atomic E-state index is 0.193. The van der Waals surface area contributed by atoms with Crippen molar-refractivity contribution in [1.82, 2.24) is 0 Å². The molecule has 12 heavy (non-hydrogen) atoms. The second-order valence-corrected chi connectivity index (χ2v) is 2.09. The molecule has 0 N–H and O–H groups in total. The number of rotatable bonds is 3. The Labute approximate surface area is 66.5 Å². The molecule has 0 amide bonds. The molecule has 0 aliphatic carbocycles. The van der Waals surface area contributed by atoms with E-state index >= 15 is 0 Å². The van der Waals surface area contributed by atoms with E-state index < -0.39 is 18.8 Å². The van der Waals surface area contributed by atoms with Crippen molar-refractivity contribution >= 4 is 11.8 Å². The number of alkyl halides is 3. The third kappa shape index (κ3) is 4.70. The summed E-state index contributed by atoms with van der Waals surface area (Å²) in [6, 6.07) is 0. The maximum absolute atomic E-state index is 11.4. The van der Waals surface area contributed by atoms with E-state index in [0.717, 1.165) is 0 Å². The summed E-state index contributed by atoms with van der Waals surface area (Å²) in [6.45, 7) is 0.676. The van der Waals surface area contributed by atoms with Crippen LogP contribution >= 0.6 is 0 Å². The molecule has 0 aromatic heterocycles. The Bertz CT molecular complexity index is 185. The number of carbonyl (C=O) groups is 2. The van der Waals surface area contributed by atoms with Gasteiger partial charge < -0.3 is 4.74 Å². The Hall–Kier alpha value is -1.07. The lowest BCUT2D eigenvalue weighted by atomic mass is 10.3. The summed E-state index contributed by atoms with van der Waals surface area (Å²) in [4.78, 5) is 20.2. The summed E-state index contributed by atoms with van der Waals surface area (Å²) < 4.78 is 38.0. The molecule has 0 aliphatic heterocycles. The molecular weight excluding hydrogens is 177 g/mol. The first-order valence-electron chi connectivity index (χ1n) is 3.07. The summed E-state index contributed by atoms with van der Waals surface area (Å²) in [6.07, 6.45) is -5.17. The van der Waals surface area contributed by atoms with E-state index in [1.807, 2.05) is 0 Å². The second kappa shape index (κ2) is 4.08. The zero-order chi connectivity index (χ0) is 9.78. The van der Waals surface area contributed by atoms with E-state index in [9.17, 15) is 22.8 Å². The van der Waals surface area contributed by atoms with Crippen LogP contribution in [0.5, 0.6) is 0 Å². The number of Topliss-reactive ketones (excluding diaryl/α,β-unsaturated/α-hetero) is 1. The lowest BCUT2D eigenvalue weighted by Crippen LogP contribution is -2.26. The molecule has 0 rings (SSSR count). The van der Waals surface area contributed by atoms with Gasteiger partial charge in [0.05, 0.1) is 6.61 Å². The molecule has 0 heterocycles. The maximum Gasteiger partial charge on any atom is 0.490 e. The summed E-state index contributed by atoms with van der Waals surface area (Å²) in [5, 5.41) is 0. The lowest BCUT2D eigenvalue weighted by Gasteiger charge is -2.05. The highest BCUT2D eigenvalue weighted by atomic mass is 19.4. The maximum atomic E-state index is 11.4. The standard InChI is InChI=1S/C6H7F3O3/c1-4(10)2-3-12-5(11)6(7,8)9/h2-3H2,1H3. The molecule has 0 spiro atoms. The highest BCUT2D eigenvalue weighted by Gasteiger charge is 2.40. The molecular formula is C6H7F3O3. The molecule has 6 heteroatoms. The summed E-state index contributed by atoms with van der Waals surface area (Å²) in [5.41, 5.74) is 0. The summed E-state index contributed by atoms with van der Waals surface area (Å²) >= 11 is 0. The first kappa shape index (κ1) is 10.9. The van der Waals surface area contributed by atoms with Crippen molar-refractivity contribution in [3.05, 3.63) is 0 Å². The molecule has 3 nitrogen and oxygen atoms in total. The van der Waals surface area contributed by atoms with E-state index in [2.05, 4.69) is 4.74 Å². The monoisotopic (exact) mass is 184 g/mol. The van der Waals surface area contributed by atoms with Gasteiger partial charge in [0.15, 0.2) is 0 Å². The van der Waals surface area contributed by atoms with Gasteiger partial charge in [-0.2, -0.15) is 13.2 Å². The first-order chi connectivity index (χ1) is 5.34. The average Bonchev–Trinajstić information content (AvgIpc) is 1.84. The molecule has 0 fully saturated rings. The SMILES string of the molecule is CC(=O)CCOC(=O)C(F)(F)F. The fourth-order valence-corrected chi connectivity index (χ4v) is 0.369. The molecule has 70 valence electrons. The van der Waals surface area contributed by atoms with E-state index in [-0.39, 0.29) is 12.2 Å².